The summed E-state index contributed by atoms with van der Waals surface area (Å²) in [5, 5.41) is 14.6. The molecule has 0 spiro atoms. The molecule has 0 aliphatic rings. The van der Waals surface area contributed by atoms with Gasteiger partial charge in [-0.25, -0.2) is 4.79 Å². The smallest absolute Gasteiger partial charge is 0.407 e. The molecule has 6 nitrogen and oxygen atoms in total. The van der Waals surface area contributed by atoms with Crippen LogP contribution in [0.15, 0.2) is 127 Å². The number of amides is 1. The van der Waals surface area contributed by atoms with Gasteiger partial charge in [-0.2, -0.15) is 0 Å². The molecule has 0 fully saturated rings. The molecule has 0 aromatic heterocycles. The van der Waals surface area contributed by atoms with Crippen molar-refractivity contribution < 1.29 is 24.1 Å². The topological polar surface area (TPSA) is 77.0 Å². The molecule has 6 heteroatoms. The van der Waals surface area contributed by atoms with Crippen LogP contribution in [0.2, 0.25) is 0 Å². The zero-order valence-corrected chi connectivity index (χ0v) is 28.0. The molecule has 0 aliphatic heterocycles. The number of carbonyl (C=O) groups excluding carboxylic acids is 1. The van der Waals surface area contributed by atoms with Crippen molar-refractivity contribution >= 4 is 6.09 Å². The molecule has 248 valence electrons. The van der Waals surface area contributed by atoms with Gasteiger partial charge in [-0.15, -0.1) is 0 Å². The van der Waals surface area contributed by atoms with E-state index in [1.54, 1.807) is 0 Å². The standard InChI is InChI=1S/C42H45NO5/c1-42(2,3)48-41(45)43-29-34-16-10-18-36(27-34)40(44)39-28-38(46-25-11-17-31-12-6-4-7-13-31)24-21-35(39)26-32-19-22-37(23-20-32)47-30-33-14-8-5-9-15-33/h4-10,12-16,18-24,27-28,40,44H,11,17,25-26,29-30H2,1-3H3,(H,43,45). The summed E-state index contributed by atoms with van der Waals surface area (Å²) >= 11 is 0. The Morgan fingerprint density at radius 1 is 0.708 bits per heavy atom. The Morgan fingerprint density at radius 2 is 1.38 bits per heavy atom. The Kier molecular flexibility index (Phi) is 11.9. The van der Waals surface area contributed by atoms with E-state index in [9.17, 15) is 9.90 Å². The first kappa shape index (κ1) is 34.3. The van der Waals surface area contributed by atoms with Gasteiger partial charge in [-0.3, -0.25) is 0 Å². The number of hydrogen-bond donors (Lipinski definition) is 2. The van der Waals surface area contributed by atoms with Crippen molar-refractivity contribution in [2.45, 2.75) is 64.9 Å². The molecule has 48 heavy (non-hydrogen) atoms. The van der Waals surface area contributed by atoms with Gasteiger partial charge in [0.1, 0.15) is 29.8 Å². The van der Waals surface area contributed by atoms with Crippen molar-refractivity contribution in [1.29, 1.82) is 0 Å². The number of aliphatic hydroxyl groups excluding tert-OH is 1. The normalized spacial score (nSPS) is 11.8. The molecule has 0 radical (unpaired) electrons. The molecule has 0 saturated heterocycles. The fraction of sp³-hybridized carbons (Fsp3) is 0.262. The van der Waals surface area contributed by atoms with Crippen LogP contribution in [0, 0.1) is 0 Å². The number of hydrogen-bond acceptors (Lipinski definition) is 5. The molecule has 2 N–H and O–H groups in total. The predicted octanol–water partition coefficient (Wildman–Crippen LogP) is 8.97. The van der Waals surface area contributed by atoms with Gasteiger partial charge in [0.2, 0.25) is 0 Å². The lowest BCUT2D eigenvalue weighted by molar-refractivity contribution is 0.0523. The van der Waals surface area contributed by atoms with Crippen molar-refractivity contribution in [2.24, 2.45) is 0 Å². The second-order valence-electron chi connectivity index (χ2n) is 12.9. The highest BCUT2D eigenvalue weighted by Crippen LogP contribution is 2.31. The minimum Gasteiger partial charge on any atom is -0.494 e. The molecule has 5 rings (SSSR count). The summed E-state index contributed by atoms with van der Waals surface area (Å²) in [5.74, 6) is 1.52. The van der Waals surface area contributed by atoms with Gasteiger partial charge in [-0.1, -0.05) is 103 Å². The quantitative estimate of drug-likeness (QED) is 0.118. The number of rotatable bonds is 14. The number of alkyl carbamates (subject to hydrolysis) is 1. The molecule has 0 aliphatic carbocycles. The third-order valence-corrected chi connectivity index (χ3v) is 7.80. The largest absolute Gasteiger partial charge is 0.494 e. The minimum absolute atomic E-state index is 0.283. The maximum Gasteiger partial charge on any atom is 0.407 e. The second kappa shape index (κ2) is 16.7. The van der Waals surface area contributed by atoms with E-state index in [2.05, 4.69) is 41.7 Å². The Balaban J connectivity index is 1.30. The number of aryl methyl sites for hydroxylation is 1. The molecule has 0 bridgehead atoms. The fourth-order valence-corrected chi connectivity index (χ4v) is 5.39. The predicted molar refractivity (Wildman–Crippen MR) is 190 cm³/mol. The van der Waals surface area contributed by atoms with Crippen molar-refractivity contribution in [2.75, 3.05) is 6.61 Å². The van der Waals surface area contributed by atoms with Crippen molar-refractivity contribution in [3.8, 4) is 11.5 Å². The van der Waals surface area contributed by atoms with Gasteiger partial charge in [-0.05, 0) is 103 Å². The van der Waals surface area contributed by atoms with E-state index in [1.165, 1.54) is 5.56 Å². The number of nitrogens with one attached hydrogen (secondary N) is 1. The summed E-state index contributed by atoms with van der Waals surface area (Å²) in [6.07, 6.45) is 1.06. The second-order valence-corrected chi connectivity index (χ2v) is 12.9. The van der Waals surface area contributed by atoms with Crippen LogP contribution >= 0.6 is 0 Å². The van der Waals surface area contributed by atoms with E-state index in [0.717, 1.165) is 52.0 Å². The number of aliphatic hydroxyl groups is 1. The van der Waals surface area contributed by atoms with E-state index < -0.39 is 17.8 Å². The lowest BCUT2D eigenvalue weighted by atomic mass is 9.92. The summed E-state index contributed by atoms with van der Waals surface area (Å²) in [6.45, 7) is 6.85. The van der Waals surface area contributed by atoms with Crippen LogP contribution in [0.3, 0.4) is 0 Å². The highest BCUT2D eigenvalue weighted by atomic mass is 16.6. The Morgan fingerprint density at radius 3 is 2.08 bits per heavy atom. The fourth-order valence-electron chi connectivity index (χ4n) is 5.39. The minimum atomic E-state index is -0.900. The summed E-state index contributed by atoms with van der Waals surface area (Å²) in [7, 11) is 0. The first-order valence-electron chi connectivity index (χ1n) is 16.5. The first-order valence-corrected chi connectivity index (χ1v) is 16.5. The zero-order valence-electron chi connectivity index (χ0n) is 28.0. The average Bonchev–Trinajstić information content (AvgIpc) is 3.09. The van der Waals surface area contributed by atoms with E-state index >= 15 is 0 Å². The molecule has 1 amide bonds. The SMILES string of the molecule is CC(C)(C)OC(=O)NCc1cccc(C(O)c2cc(OCCCc3ccccc3)ccc2Cc2ccc(OCc3ccccc3)cc2)c1. The number of carbonyl (C=O) groups is 1. The van der Waals surface area contributed by atoms with Crippen LogP contribution < -0.4 is 14.8 Å². The van der Waals surface area contributed by atoms with E-state index in [0.29, 0.717) is 25.4 Å². The maximum atomic E-state index is 12.2. The van der Waals surface area contributed by atoms with Gasteiger partial charge in [0.25, 0.3) is 0 Å². The van der Waals surface area contributed by atoms with Crippen LogP contribution in [0.1, 0.15) is 72.2 Å². The molecule has 1 atom stereocenters. The molecule has 0 heterocycles. The Bertz CT molecular complexity index is 1730. The summed E-state index contributed by atoms with van der Waals surface area (Å²) in [6, 6.07) is 42.2. The molecule has 0 saturated carbocycles. The zero-order chi connectivity index (χ0) is 33.8. The van der Waals surface area contributed by atoms with Gasteiger partial charge in [0.15, 0.2) is 0 Å². The Labute approximate surface area is 284 Å². The highest BCUT2D eigenvalue weighted by molar-refractivity contribution is 5.67. The first-order chi connectivity index (χ1) is 23.2. The van der Waals surface area contributed by atoms with E-state index in [4.69, 9.17) is 14.2 Å². The van der Waals surface area contributed by atoms with Crippen molar-refractivity contribution in [3.05, 3.63) is 166 Å². The molecule has 5 aromatic rings. The van der Waals surface area contributed by atoms with E-state index in [1.807, 2.05) is 112 Å². The van der Waals surface area contributed by atoms with E-state index in [-0.39, 0.29) is 6.54 Å². The molecular weight excluding hydrogens is 598 g/mol. The van der Waals surface area contributed by atoms with Gasteiger partial charge >= 0.3 is 6.09 Å². The van der Waals surface area contributed by atoms with Crippen LogP contribution in [0.5, 0.6) is 11.5 Å². The Hall–Kier alpha value is -5.07. The monoisotopic (exact) mass is 643 g/mol. The molecule has 5 aromatic carbocycles. The van der Waals surface area contributed by atoms with Crippen molar-refractivity contribution in [3.63, 3.8) is 0 Å². The van der Waals surface area contributed by atoms with Gasteiger partial charge in [0.05, 0.1) is 6.61 Å². The van der Waals surface area contributed by atoms with Crippen LogP contribution in [-0.4, -0.2) is 23.4 Å². The number of ether oxygens (including phenoxy) is 3. The molecular formula is C42H45NO5. The van der Waals surface area contributed by atoms with Crippen LogP contribution in [-0.2, 0) is 30.7 Å². The lowest BCUT2D eigenvalue weighted by Gasteiger charge is -2.20. The van der Waals surface area contributed by atoms with Gasteiger partial charge < -0.3 is 24.6 Å². The summed E-state index contributed by atoms with van der Waals surface area (Å²) in [4.78, 5) is 12.2. The highest BCUT2D eigenvalue weighted by Gasteiger charge is 2.19. The van der Waals surface area contributed by atoms with Crippen LogP contribution in [0.4, 0.5) is 4.79 Å². The summed E-state index contributed by atoms with van der Waals surface area (Å²) in [5.41, 5.74) is 6.28. The maximum absolute atomic E-state index is 12.2. The van der Waals surface area contributed by atoms with Crippen LogP contribution in [0.25, 0.3) is 0 Å². The van der Waals surface area contributed by atoms with Crippen molar-refractivity contribution in [1.82, 2.24) is 5.32 Å². The number of benzene rings is 5. The lowest BCUT2D eigenvalue weighted by Crippen LogP contribution is -2.32. The summed E-state index contributed by atoms with van der Waals surface area (Å²) < 4.78 is 17.5. The van der Waals surface area contributed by atoms with Gasteiger partial charge in [0, 0.05) is 6.54 Å². The molecule has 1 unspecified atom stereocenters. The third-order valence-electron chi connectivity index (χ3n) is 7.80. The average molecular weight is 644 g/mol. The third kappa shape index (κ3) is 10.7.